The summed E-state index contributed by atoms with van der Waals surface area (Å²) in [6.07, 6.45) is 4.60. The van der Waals surface area contributed by atoms with Gasteiger partial charge in [-0.25, -0.2) is 0 Å². The molecule has 0 bridgehead atoms. The van der Waals surface area contributed by atoms with E-state index < -0.39 is 0 Å². The van der Waals surface area contributed by atoms with Gasteiger partial charge < -0.3 is 9.80 Å². The standard InChI is InChI=1S/C16H21BrN2O/c17-11-13-10-16(20)19(12-13)15-6-4-14(5-7-15)18-8-2-1-3-9-18/h4-7,13H,1-3,8-12H2. The summed E-state index contributed by atoms with van der Waals surface area (Å²) in [4.78, 5) is 16.4. The second kappa shape index (κ2) is 6.17. The molecule has 0 aromatic heterocycles. The zero-order valence-corrected chi connectivity index (χ0v) is 13.3. The lowest BCUT2D eigenvalue weighted by Crippen LogP contribution is -2.29. The largest absolute Gasteiger partial charge is 0.372 e. The van der Waals surface area contributed by atoms with Gasteiger partial charge in [-0.2, -0.15) is 0 Å². The monoisotopic (exact) mass is 336 g/mol. The molecular formula is C16H21BrN2O. The van der Waals surface area contributed by atoms with Gasteiger partial charge in [-0.1, -0.05) is 15.9 Å². The topological polar surface area (TPSA) is 23.6 Å². The Morgan fingerprint density at radius 3 is 2.30 bits per heavy atom. The molecule has 0 spiro atoms. The van der Waals surface area contributed by atoms with Crippen LogP contribution in [-0.2, 0) is 4.79 Å². The number of halogens is 1. The highest BCUT2D eigenvalue weighted by molar-refractivity contribution is 9.09. The molecule has 0 aliphatic carbocycles. The Kier molecular flexibility index (Phi) is 4.29. The summed E-state index contributed by atoms with van der Waals surface area (Å²) in [6, 6.07) is 8.52. The lowest BCUT2D eigenvalue weighted by molar-refractivity contribution is -0.117. The SMILES string of the molecule is O=C1CC(CBr)CN1c1ccc(N2CCCCC2)cc1. The van der Waals surface area contributed by atoms with Crippen molar-refractivity contribution in [1.82, 2.24) is 0 Å². The lowest BCUT2D eigenvalue weighted by atomic mass is 10.1. The maximum Gasteiger partial charge on any atom is 0.227 e. The molecule has 108 valence electrons. The van der Waals surface area contributed by atoms with E-state index in [2.05, 4.69) is 45.1 Å². The number of benzene rings is 1. The van der Waals surface area contributed by atoms with Gasteiger partial charge in [0.05, 0.1) is 0 Å². The van der Waals surface area contributed by atoms with Crippen molar-refractivity contribution in [2.24, 2.45) is 5.92 Å². The van der Waals surface area contributed by atoms with Crippen molar-refractivity contribution in [3.63, 3.8) is 0 Å². The number of hydrogen-bond donors (Lipinski definition) is 0. The molecule has 2 aliphatic rings. The van der Waals surface area contributed by atoms with Crippen LogP contribution in [0, 0.1) is 5.92 Å². The molecule has 2 aliphatic heterocycles. The fraction of sp³-hybridized carbons (Fsp3) is 0.562. The van der Waals surface area contributed by atoms with Gasteiger partial charge in [-0.3, -0.25) is 4.79 Å². The first-order valence-electron chi connectivity index (χ1n) is 7.49. The number of nitrogens with zero attached hydrogens (tertiary/aromatic N) is 2. The molecule has 3 nitrogen and oxygen atoms in total. The van der Waals surface area contributed by atoms with Crippen LogP contribution in [0.15, 0.2) is 24.3 Å². The number of alkyl halides is 1. The molecule has 1 amide bonds. The summed E-state index contributed by atoms with van der Waals surface area (Å²) in [6.45, 7) is 3.16. The van der Waals surface area contributed by atoms with Crippen LogP contribution < -0.4 is 9.80 Å². The van der Waals surface area contributed by atoms with Crippen LogP contribution in [0.3, 0.4) is 0 Å². The van der Waals surface area contributed by atoms with E-state index in [1.807, 2.05) is 4.90 Å². The van der Waals surface area contributed by atoms with Gasteiger partial charge >= 0.3 is 0 Å². The molecule has 0 N–H and O–H groups in total. The van der Waals surface area contributed by atoms with E-state index in [0.29, 0.717) is 12.3 Å². The van der Waals surface area contributed by atoms with E-state index >= 15 is 0 Å². The summed E-state index contributed by atoms with van der Waals surface area (Å²) in [5.74, 6) is 0.699. The third-order valence-corrected chi connectivity index (χ3v) is 5.22. The minimum Gasteiger partial charge on any atom is -0.372 e. The van der Waals surface area contributed by atoms with Crippen molar-refractivity contribution in [3.8, 4) is 0 Å². The maximum atomic E-state index is 12.0. The highest BCUT2D eigenvalue weighted by atomic mass is 79.9. The zero-order valence-electron chi connectivity index (χ0n) is 11.7. The van der Waals surface area contributed by atoms with Crippen molar-refractivity contribution in [1.29, 1.82) is 0 Å². The summed E-state index contributed by atoms with van der Waals surface area (Å²) >= 11 is 3.48. The zero-order chi connectivity index (χ0) is 13.9. The van der Waals surface area contributed by atoms with Crippen LogP contribution in [-0.4, -0.2) is 30.9 Å². The average molecular weight is 337 g/mol. The molecule has 20 heavy (non-hydrogen) atoms. The number of piperidine rings is 1. The molecule has 1 atom stereocenters. The Bertz CT molecular complexity index is 468. The minimum atomic E-state index is 0.250. The predicted octanol–water partition coefficient (Wildman–Crippen LogP) is 3.42. The Hall–Kier alpha value is -1.03. The molecule has 2 heterocycles. The number of anilines is 2. The average Bonchev–Trinajstić information content (AvgIpc) is 2.89. The van der Waals surface area contributed by atoms with Gasteiger partial charge in [0, 0.05) is 42.8 Å². The molecule has 2 saturated heterocycles. The number of carbonyl (C=O) groups is 1. The van der Waals surface area contributed by atoms with Crippen LogP contribution in [0.1, 0.15) is 25.7 Å². The first-order chi connectivity index (χ1) is 9.78. The molecule has 2 fully saturated rings. The summed E-state index contributed by atoms with van der Waals surface area (Å²) in [5.41, 5.74) is 2.33. The minimum absolute atomic E-state index is 0.250. The van der Waals surface area contributed by atoms with Crippen LogP contribution >= 0.6 is 15.9 Å². The third-order valence-electron chi connectivity index (χ3n) is 4.31. The van der Waals surface area contributed by atoms with Crippen LogP contribution in [0.25, 0.3) is 0 Å². The van der Waals surface area contributed by atoms with Crippen molar-refractivity contribution < 1.29 is 4.79 Å². The van der Waals surface area contributed by atoms with E-state index in [0.717, 1.165) is 30.7 Å². The first-order valence-corrected chi connectivity index (χ1v) is 8.61. The molecular weight excluding hydrogens is 316 g/mol. The molecule has 0 radical (unpaired) electrons. The number of rotatable bonds is 3. The normalized spacial score (nSPS) is 23.4. The fourth-order valence-corrected chi connectivity index (χ4v) is 3.56. The smallest absolute Gasteiger partial charge is 0.227 e. The molecule has 1 aromatic rings. The van der Waals surface area contributed by atoms with Gasteiger partial charge in [-0.15, -0.1) is 0 Å². The Balaban J connectivity index is 1.71. The lowest BCUT2D eigenvalue weighted by Gasteiger charge is -2.29. The predicted molar refractivity (Wildman–Crippen MR) is 86.8 cm³/mol. The van der Waals surface area contributed by atoms with Gasteiger partial charge in [0.1, 0.15) is 0 Å². The summed E-state index contributed by atoms with van der Waals surface area (Å²) in [7, 11) is 0. The highest BCUT2D eigenvalue weighted by Gasteiger charge is 2.29. The Labute approximate surface area is 129 Å². The number of amides is 1. The van der Waals surface area contributed by atoms with Crippen molar-refractivity contribution in [3.05, 3.63) is 24.3 Å². The fourth-order valence-electron chi connectivity index (χ4n) is 3.13. The van der Waals surface area contributed by atoms with E-state index in [-0.39, 0.29) is 5.91 Å². The van der Waals surface area contributed by atoms with Crippen LogP contribution in [0.2, 0.25) is 0 Å². The van der Waals surface area contributed by atoms with Crippen molar-refractivity contribution in [2.45, 2.75) is 25.7 Å². The van der Waals surface area contributed by atoms with E-state index in [4.69, 9.17) is 0 Å². The van der Waals surface area contributed by atoms with E-state index in [1.165, 1.54) is 24.9 Å². The van der Waals surface area contributed by atoms with Crippen molar-refractivity contribution >= 4 is 33.2 Å². The molecule has 1 unspecified atom stereocenters. The maximum absolute atomic E-state index is 12.0. The third kappa shape index (κ3) is 2.85. The second-order valence-corrected chi connectivity index (χ2v) is 6.44. The van der Waals surface area contributed by atoms with Crippen LogP contribution in [0.4, 0.5) is 11.4 Å². The van der Waals surface area contributed by atoms with E-state index in [9.17, 15) is 4.79 Å². The quantitative estimate of drug-likeness (QED) is 0.789. The first kappa shape index (κ1) is 13.9. The summed E-state index contributed by atoms with van der Waals surface area (Å²) in [5, 5.41) is 0.904. The molecule has 3 rings (SSSR count). The molecule has 1 aromatic carbocycles. The van der Waals surface area contributed by atoms with Crippen LogP contribution in [0.5, 0.6) is 0 Å². The summed E-state index contributed by atoms with van der Waals surface area (Å²) < 4.78 is 0. The highest BCUT2D eigenvalue weighted by Crippen LogP contribution is 2.28. The van der Waals surface area contributed by atoms with Gasteiger partial charge in [0.2, 0.25) is 5.91 Å². The number of hydrogen-bond acceptors (Lipinski definition) is 2. The van der Waals surface area contributed by atoms with Crippen molar-refractivity contribution in [2.75, 3.05) is 34.8 Å². The molecule has 0 saturated carbocycles. The molecule has 4 heteroatoms. The van der Waals surface area contributed by atoms with Gasteiger partial charge in [0.15, 0.2) is 0 Å². The number of carbonyl (C=O) groups excluding carboxylic acids is 1. The van der Waals surface area contributed by atoms with Gasteiger partial charge in [0.25, 0.3) is 0 Å². The Morgan fingerprint density at radius 1 is 1.05 bits per heavy atom. The van der Waals surface area contributed by atoms with E-state index in [1.54, 1.807) is 0 Å². The van der Waals surface area contributed by atoms with Gasteiger partial charge in [-0.05, 0) is 49.4 Å². The second-order valence-electron chi connectivity index (χ2n) is 5.79. The Morgan fingerprint density at radius 2 is 1.70 bits per heavy atom.